The van der Waals surface area contributed by atoms with E-state index in [-0.39, 0.29) is 11.0 Å². The van der Waals surface area contributed by atoms with E-state index in [0.717, 1.165) is 18.4 Å². The third-order valence-electron chi connectivity index (χ3n) is 9.42. The van der Waals surface area contributed by atoms with Crippen molar-refractivity contribution in [2.75, 3.05) is 23.4 Å². The van der Waals surface area contributed by atoms with Crippen molar-refractivity contribution in [1.82, 2.24) is 4.98 Å². The van der Waals surface area contributed by atoms with Crippen LogP contribution in [0, 0.1) is 11.8 Å². The molecule has 0 N–H and O–H groups in total. The number of aryl methyl sites for hydroxylation is 1. The van der Waals surface area contributed by atoms with E-state index in [1.165, 1.54) is 74.0 Å². The molecule has 3 heteroatoms. The summed E-state index contributed by atoms with van der Waals surface area (Å²) in [6, 6.07) is 22.4. The zero-order valence-electron chi connectivity index (χ0n) is 20.3. The summed E-state index contributed by atoms with van der Waals surface area (Å²) in [5.41, 5.74) is 7.65. The number of pyridine rings is 1. The molecular formula is C31H35N3. The number of hydrogen-bond acceptors (Lipinski definition) is 3. The van der Waals surface area contributed by atoms with Gasteiger partial charge in [0.25, 0.3) is 0 Å². The van der Waals surface area contributed by atoms with Crippen LogP contribution in [0.25, 0.3) is 0 Å². The summed E-state index contributed by atoms with van der Waals surface area (Å²) < 4.78 is 0. The van der Waals surface area contributed by atoms with Gasteiger partial charge in [-0.2, -0.15) is 0 Å². The molecule has 0 radical (unpaired) electrons. The summed E-state index contributed by atoms with van der Waals surface area (Å²) in [6.07, 6.45) is 14.8. The molecule has 4 bridgehead atoms. The van der Waals surface area contributed by atoms with Crippen LogP contribution in [0.3, 0.4) is 0 Å². The van der Waals surface area contributed by atoms with Crippen molar-refractivity contribution >= 4 is 17.1 Å². The molecule has 8 rings (SSSR count). The van der Waals surface area contributed by atoms with E-state index in [1.54, 1.807) is 5.56 Å². The van der Waals surface area contributed by atoms with Gasteiger partial charge in [-0.1, -0.05) is 36.4 Å². The van der Waals surface area contributed by atoms with Crippen LogP contribution in [-0.2, 0) is 11.8 Å². The largest absolute Gasteiger partial charge is 0.374 e. The standard InChI is InChI=1S/C31H35N3/c1-33-14-8-9-25-20-32-21-28(29(25)33)30-16-23-15-24(17-30)19-31(18-23,22-30)34(26-10-4-2-5-11-26)27-12-6-3-7-13-27/h2-7,10-13,20-21,23-24H,8-9,14-19,22H2,1H3. The lowest BCUT2D eigenvalue weighted by molar-refractivity contribution is -0.0224. The van der Waals surface area contributed by atoms with Crippen molar-refractivity contribution < 1.29 is 0 Å². The lowest BCUT2D eigenvalue weighted by atomic mass is 9.45. The van der Waals surface area contributed by atoms with Crippen LogP contribution >= 0.6 is 0 Å². The number of benzene rings is 2. The van der Waals surface area contributed by atoms with Gasteiger partial charge in [-0.15, -0.1) is 0 Å². The highest BCUT2D eigenvalue weighted by molar-refractivity contribution is 5.68. The first kappa shape index (κ1) is 20.6. The fourth-order valence-corrected chi connectivity index (χ4v) is 8.78. The van der Waals surface area contributed by atoms with Crippen LogP contribution in [-0.4, -0.2) is 24.1 Å². The predicted molar refractivity (Wildman–Crippen MR) is 140 cm³/mol. The fraction of sp³-hybridized carbons (Fsp3) is 0.452. The Morgan fingerprint density at radius 2 is 1.50 bits per heavy atom. The topological polar surface area (TPSA) is 19.4 Å². The van der Waals surface area contributed by atoms with Crippen molar-refractivity contribution in [3.05, 3.63) is 84.2 Å². The first-order valence-corrected chi connectivity index (χ1v) is 13.2. The van der Waals surface area contributed by atoms with E-state index < -0.39 is 0 Å². The Morgan fingerprint density at radius 3 is 2.15 bits per heavy atom. The maximum atomic E-state index is 4.83. The van der Waals surface area contributed by atoms with Crippen molar-refractivity contribution in [2.45, 2.75) is 62.3 Å². The molecule has 2 aromatic carbocycles. The summed E-state index contributed by atoms with van der Waals surface area (Å²) in [7, 11) is 2.30. The first-order valence-electron chi connectivity index (χ1n) is 13.2. The zero-order valence-corrected chi connectivity index (χ0v) is 20.3. The van der Waals surface area contributed by atoms with E-state index in [9.17, 15) is 0 Å². The van der Waals surface area contributed by atoms with Crippen molar-refractivity contribution in [3.8, 4) is 0 Å². The highest BCUT2D eigenvalue weighted by Gasteiger charge is 2.61. The number of fused-ring (bicyclic) bond motifs is 1. The highest BCUT2D eigenvalue weighted by atomic mass is 15.2. The molecule has 1 aliphatic heterocycles. The second-order valence-electron chi connectivity index (χ2n) is 11.7. The van der Waals surface area contributed by atoms with Crippen LogP contribution < -0.4 is 9.80 Å². The fourth-order valence-electron chi connectivity index (χ4n) is 8.78. The van der Waals surface area contributed by atoms with Crippen LogP contribution in [0.5, 0.6) is 0 Å². The molecular weight excluding hydrogens is 414 g/mol. The smallest absolute Gasteiger partial charge is 0.0465 e. The lowest BCUT2D eigenvalue weighted by Gasteiger charge is -2.65. The normalized spacial score (nSPS) is 31.4. The summed E-state index contributed by atoms with van der Waals surface area (Å²) in [5.74, 6) is 1.61. The zero-order chi connectivity index (χ0) is 22.8. The third kappa shape index (κ3) is 3.05. The van der Waals surface area contributed by atoms with Gasteiger partial charge in [-0.05, 0) is 93.0 Å². The van der Waals surface area contributed by atoms with Crippen LogP contribution in [0.4, 0.5) is 17.1 Å². The summed E-state index contributed by atoms with van der Waals surface area (Å²) >= 11 is 0. The van der Waals surface area contributed by atoms with E-state index >= 15 is 0 Å². The molecule has 4 fully saturated rings. The Hall–Kier alpha value is -2.81. The number of hydrogen-bond donors (Lipinski definition) is 0. The van der Waals surface area contributed by atoms with Gasteiger partial charge in [-0.3, -0.25) is 4.98 Å². The molecule has 3 nitrogen and oxygen atoms in total. The molecule has 34 heavy (non-hydrogen) atoms. The van der Waals surface area contributed by atoms with Gasteiger partial charge in [0.1, 0.15) is 0 Å². The number of para-hydroxylation sites is 2. The van der Waals surface area contributed by atoms with E-state index in [2.05, 4.69) is 89.9 Å². The summed E-state index contributed by atoms with van der Waals surface area (Å²) in [5, 5.41) is 0. The van der Waals surface area contributed by atoms with Crippen LogP contribution in [0.2, 0.25) is 0 Å². The van der Waals surface area contributed by atoms with Crippen molar-refractivity contribution in [1.29, 1.82) is 0 Å². The van der Waals surface area contributed by atoms with Gasteiger partial charge < -0.3 is 9.80 Å². The van der Waals surface area contributed by atoms with Gasteiger partial charge in [0.05, 0.1) is 0 Å². The highest BCUT2D eigenvalue weighted by Crippen LogP contribution is 2.66. The van der Waals surface area contributed by atoms with Gasteiger partial charge in [0.15, 0.2) is 0 Å². The number of aromatic nitrogens is 1. The first-order chi connectivity index (χ1) is 16.7. The second kappa shape index (κ2) is 7.60. The van der Waals surface area contributed by atoms with Crippen molar-refractivity contribution in [2.24, 2.45) is 11.8 Å². The monoisotopic (exact) mass is 449 g/mol. The Bertz CT molecular complexity index is 1130. The molecule has 2 heterocycles. The molecule has 5 aliphatic rings. The Labute approximate surface area is 203 Å². The minimum Gasteiger partial charge on any atom is -0.374 e. The minimum atomic E-state index is 0.169. The molecule has 2 atom stereocenters. The SMILES string of the molecule is CN1CCCc2cncc(C34CC5CC(C3)CC(N(c3ccccc3)c3ccccc3)(C5)C4)c21. The average Bonchev–Trinajstić information content (AvgIpc) is 2.84. The molecule has 3 aromatic rings. The number of nitrogens with zero attached hydrogens (tertiary/aromatic N) is 3. The predicted octanol–water partition coefficient (Wildman–Crippen LogP) is 6.89. The van der Waals surface area contributed by atoms with E-state index in [0.29, 0.717) is 0 Å². The third-order valence-corrected chi connectivity index (χ3v) is 9.42. The molecule has 0 saturated heterocycles. The molecule has 1 aromatic heterocycles. The lowest BCUT2D eigenvalue weighted by Crippen LogP contribution is -2.63. The minimum absolute atomic E-state index is 0.169. The molecule has 174 valence electrons. The Balaban J connectivity index is 1.39. The molecule has 2 unspecified atom stereocenters. The van der Waals surface area contributed by atoms with Gasteiger partial charge in [0.2, 0.25) is 0 Å². The average molecular weight is 450 g/mol. The Morgan fingerprint density at radius 1 is 0.853 bits per heavy atom. The second-order valence-corrected chi connectivity index (χ2v) is 11.7. The van der Waals surface area contributed by atoms with Crippen molar-refractivity contribution in [3.63, 3.8) is 0 Å². The van der Waals surface area contributed by atoms with Gasteiger partial charge in [0, 0.05) is 59.6 Å². The van der Waals surface area contributed by atoms with Gasteiger partial charge in [-0.25, -0.2) is 0 Å². The summed E-state index contributed by atoms with van der Waals surface area (Å²) in [4.78, 5) is 10.1. The van der Waals surface area contributed by atoms with E-state index in [4.69, 9.17) is 4.98 Å². The molecule has 0 spiro atoms. The Kier molecular flexibility index (Phi) is 4.59. The number of rotatable bonds is 4. The number of anilines is 3. The molecule has 4 saturated carbocycles. The molecule has 4 aliphatic carbocycles. The van der Waals surface area contributed by atoms with Crippen LogP contribution in [0.1, 0.15) is 56.1 Å². The maximum absolute atomic E-state index is 4.83. The van der Waals surface area contributed by atoms with Crippen LogP contribution in [0.15, 0.2) is 73.1 Å². The van der Waals surface area contributed by atoms with E-state index in [1.807, 2.05) is 0 Å². The summed E-state index contributed by atoms with van der Waals surface area (Å²) in [6.45, 7) is 1.16. The molecule has 0 amide bonds. The quantitative estimate of drug-likeness (QED) is 0.432. The maximum Gasteiger partial charge on any atom is 0.0465 e. The van der Waals surface area contributed by atoms with Gasteiger partial charge >= 0.3 is 0 Å².